The van der Waals surface area contributed by atoms with Crippen molar-refractivity contribution in [3.8, 4) is 11.4 Å². The van der Waals surface area contributed by atoms with Crippen LogP contribution in [0.5, 0.6) is 0 Å². The van der Waals surface area contributed by atoms with Crippen LogP contribution in [0, 0.1) is 0 Å². The number of aryl methyl sites for hydroxylation is 2. The van der Waals surface area contributed by atoms with E-state index in [2.05, 4.69) is 32.0 Å². The average Bonchev–Trinajstić information content (AvgIpc) is 3.46. The predicted octanol–water partition coefficient (Wildman–Crippen LogP) is 3.28. The number of benzene rings is 1. The molecule has 1 aliphatic rings. The van der Waals surface area contributed by atoms with Crippen LogP contribution in [0.2, 0.25) is 0 Å². The van der Waals surface area contributed by atoms with E-state index in [1.54, 1.807) is 13.2 Å². The number of carbonyl (C=O) groups excluding carboxylic acids is 1. The quantitative estimate of drug-likeness (QED) is 0.628. The predicted molar refractivity (Wildman–Crippen MR) is 104 cm³/mol. The van der Waals surface area contributed by atoms with Gasteiger partial charge >= 0.3 is 6.03 Å². The van der Waals surface area contributed by atoms with Crippen LogP contribution in [0.15, 0.2) is 33.3 Å². The van der Waals surface area contributed by atoms with Gasteiger partial charge in [0.25, 0.3) is 0 Å². The van der Waals surface area contributed by atoms with Crippen molar-refractivity contribution in [2.45, 2.75) is 38.6 Å². The Hall–Kier alpha value is -3.20. The Kier molecular flexibility index (Phi) is 5.57. The van der Waals surface area contributed by atoms with Crippen molar-refractivity contribution in [1.29, 1.82) is 0 Å². The summed E-state index contributed by atoms with van der Waals surface area (Å²) in [5.74, 6) is 1.52. The summed E-state index contributed by atoms with van der Waals surface area (Å²) in [6.07, 6.45) is 3.03. The number of hydrogen-bond acceptors (Lipinski definition) is 7. The highest BCUT2D eigenvalue weighted by molar-refractivity contribution is 5.88. The van der Waals surface area contributed by atoms with E-state index in [4.69, 9.17) is 13.8 Å². The van der Waals surface area contributed by atoms with Crippen molar-refractivity contribution in [2.24, 2.45) is 0 Å². The van der Waals surface area contributed by atoms with Crippen molar-refractivity contribution >= 4 is 11.9 Å². The number of aromatic nitrogens is 3. The molecule has 2 amide bonds. The van der Waals surface area contributed by atoms with Crippen LogP contribution in [0.25, 0.3) is 11.4 Å². The summed E-state index contributed by atoms with van der Waals surface area (Å²) in [6.45, 7) is 2.52. The molecule has 1 aliphatic carbocycles. The SMILES string of the molecule is CCc1nc(-c2ccc3c(c2)CC[C@H]3NC(=O)Nc2cc(CCOC)no2)no1. The summed E-state index contributed by atoms with van der Waals surface area (Å²) >= 11 is 0. The molecule has 0 spiro atoms. The van der Waals surface area contributed by atoms with E-state index >= 15 is 0 Å². The van der Waals surface area contributed by atoms with Crippen molar-refractivity contribution in [3.05, 3.63) is 47.0 Å². The smallest absolute Gasteiger partial charge is 0.322 e. The Balaban J connectivity index is 1.39. The highest BCUT2D eigenvalue weighted by Gasteiger charge is 2.25. The molecule has 0 aliphatic heterocycles. The molecule has 1 atom stereocenters. The lowest BCUT2D eigenvalue weighted by Gasteiger charge is -2.14. The molecular weight excluding hydrogens is 374 g/mol. The van der Waals surface area contributed by atoms with Crippen molar-refractivity contribution in [3.63, 3.8) is 0 Å². The molecule has 2 heterocycles. The zero-order valence-electron chi connectivity index (χ0n) is 16.4. The van der Waals surface area contributed by atoms with Gasteiger partial charge in [-0.2, -0.15) is 4.98 Å². The second kappa shape index (κ2) is 8.44. The molecule has 9 heteroatoms. The lowest BCUT2D eigenvalue weighted by atomic mass is 10.0. The van der Waals surface area contributed by atoms with Crippen molar-refractivity contribution in [2.75, 3.05) is 19.0 Å². The first-order chi connectivity index (χ1) is 14.2. The zero-order chi connectivity index (χ0) is 20.2. The number of rotatable bonds is 7. The maximum atomic E-state index is 12.4. The molecule has 2 N–H and O–H groups in total. The Morgan fingerprint density at radius 3 is 2.97 bits per heavy atom. The molecule has 4 rings (SSSR count). The monoisotopic (exact) mass is 397 g/mol. The molecule has 2 aromatic heterocycles. The van der Waals surface area contributed by atoms with Crippen LogP contribution in [-0.2, 0) is 24.0 Å². The molecular formula is C20H23N5O4. The van der Waals surface area contributed by atoms with Crippen LogP contribution >= 0.6 is 0 Å². The highest BCUT2D eigenvalue weighted by atomic mass is 16.5. The van der Waals surface area contributed by atoms with Gasteiger partial charge < -0.3 is 19.1 Å². The molecule has 0 radical (unpaired) electrons. The van der Waals surface area contributed by atoms with Gasteiger partial charge in [-0.25, -0.2) is 4.79 Å². The molecule has 1 aromatic carbocycles. The number of carbonyl (C=O) groups is 1. The summed E-state index contributed by atoms with van der Waals surface area (Å²) in [6, 6.07) is 7.35. The van der Waals surface area contributed by atoms with E-state index in [1.807, 2.05) is 19.1 Å². The number of hydrogen-bond donors (Lipinski definition) is 2. The van der Waals surface area contributed by atoms with Gasteiger partial charge in [0.15, 0.2) is 0 Å². The number of urea groups is 1. The minimum absolute atomic E-state index is 0.0635. The third-order valence-electron chi connectivity index (χ3n) is 4.91. The number of anilines is 1. The molecule has 0 fully saturated rings. The number of fused-ring (bicyclic) bond motifs is 1. The summed E-state index contributed by atoms with van der Waals surface area (Å²) in [4.78, 5) is 16.7. The van der Waals surface area contributed by atoms with Gasteiger partial charge in [0.05, 0.1) is 18.3 Å². The molecule has 0 saturated carbocycles. The molecule has 0 unspecified atom stereocenters. The van der Waals surface area contributed by atoms with Crippen LogP contribution in [0.4, 0.5) is 10.7 Å². The van der Waals surface area contributed by atoms with Gasteiger partial charge in [0.2, 0.25) is 17.6 Å². The molecule has 0 saturated heterocycles. The third-order valence-corrected chi connectivity index (χ3v) is 4.91. The first-order valence-electron chi connectivity index (χ1n) is 9.64. The number of nitrogens with one attached hydrogen (secondary N) is 2. The largest absolute Gasteiger partial charge is 0.384 e. The minimum atomic E-state index is -0.327. The molecule has 29 heavy (non-hydrogen) atoms. The van der Waals surface area contributed by atoms with E-state index in [-0.39, 0.29) is 12.1 Å². The number of nitrogens with zero attached hydrogens (tertiary/aromatic N) is 3. The van der Waals surface area contributed by atoms with Crippen molar-refractivity contribution in [1.82, 2.24) is 20.6 Å². The summed E-state index contributed by atoms with van der Waals surface area (Å²) < 4.78 is 15.3. The fourth-order valence-corrected chi connectivity index (χ4v) is 3.42. The van der Waals surface area contributed by atoms with E-state index in [1.165, 1.54) is 5.56 Å². The van der Waals surface area contributed by atoms with Gasteiger partial charge in [-0.05, 0) is 30.0 Å². The Morgan fingerprint density at radius 2 is 2.17 bits per heavy atom. The Bertz CT molecular complexity index is 996. The summed E-state index contributed by atoms with van der Waals surface area (Å²) in [5, 5.41) is 13.6. The zero-order valence-corrected chi connectivity index (χ0v) is 16.4. The van der Waals surface area contributed by atoms with Crippen LogP contribution in [-0.4, -0.2) is 35.0 Å². The molecule has 3 aromatic rings. The maximum Gasteiger partial charge on any atom is 0.322 e. The molecule has 152 valence electrons. The second-order valence-corrected chi connectivity index (χ2v) is 6.89. The molecule has 0 bridgehead atoms. The normalized spacial score (nSPS) is 15.3. The molecule has 9 nitrogen and oxygen atoms in total. The Morgan fingerprint density at radius 1 is 1.28 bits per heavy atom. The van der Waals surface area contributed by atoms with Gasteiger partial charge in [-0.15, -0.1) is 0 Å². The topological polar surface area (TPSA) is 115 Å². The van der Waals surface area contributed by atoms with Crippen LogP contribution < -0.4 is 10.6 Å². The summed E-state index contributed by atoms with van der Waals surface area (Å²) in [5.41, 5.74) is 3.93. The standard InChI is InChI=1S/C20H23N5O4/c1-3-17-22-19(25-28-17)13-4-6-15-12(10-13)5-7-16(15)21-20(26)23-18-11-14(24-29-18)8-9-27-2/h4,6,10-11,16H,3,5,7-9H2,1-2H3,(H2,21,23,26)/t16-/m1/s1. The Labute approximate surface area is 167 Å². The van der Waals surface area contributed by atoms with Crippen LogP contribution in [0.3, 0.4) is 0 Å². The van der Waals surface area contributed by atoms with E-state index in [0.717, 1.165) is 29.7 Å². The van der Waals surface area contributed by atoms with Gasteiger partial charge in [0, 0.05) is 31.6 Å². The number of ether oxygens (including phenoxy) is 1. The van der Waals surface area contributed by atoms with E-state index in [0.29, 0.717) is 37.0 Å². The first-order valence-corrected chi connectivity index (χ1v) is 9.64. The lowest BCUT2D eigenvalue weighted by molar-refractivity contribution is 0.200. The first kappa shape index (κ1) is 19.1. The second-order valence-electron chi connectivity index (χ2n) is 6.89. The highest BCUT2D eigenvalue weighted by Crippen LogP contribution is 2.33. The van der Waals surface area contributed by atoms with Gasteiger partial charge in [-0.1, -0.05) is 29.4 Å². The number of amides is 2. The van der Waals surface area contributed by atoms with Gasteiger partial charge in [0.1, 0.15) is 0 Å². The van der Waals surface area contributed by atoms with Crippen molar-refractivity contribution < 1.29 is 18.6 Å². The third kappa shape index (κ3) is 4.29. The lowest BCUT2D eigenvalue weighted by Crippen LogP contribution is -2.31. The average molecular weight is 397 g/mol. The number of methoxy groups -OCH3 is 1. The fraction of sp³-hybridized carbons (Fsp3) is 0.400. The van der Waals surface area contributed by atoms with Crippen LogP contribution in [0.1, 0.15) is 42.1 Å². The van der Waals surface area contributed by atoms with E-state index < -0.39 is 0 Å². The van der Waals surface area contributed by atoms with E-state index in [9.17, 15) is 4.79 Å². The minimum Gasteiger partial charge on any atom is -0.384 e. The maximum absolute atomic E-state index is 12.4. The fourth-order valence-electron chi connectivity index (χ4n) is 3.42. The summed E-state index contributed by atoms with van der Waals surface area (Å²) in [7, 11) is 1.62. The van der Waals surface area contributed by atoms with Gasteiger partial charge in [-0.3, -0.25) is 5.32 Å².